The first-order chi connectivity index (χ1) is 31.8. The smallest absolute Gasteiger partial charge is 0.0935 e. The van der Waals surface area contributed by atoms with Crippen molar-refractivity contribution in [1.29, 1.82) is 0 Å². The van der Waals surface area contributed by atoms with Crippen molar-refractivity contribution < 1.29 is 0 Å². The molecule has 11 aromatic rings. The van der Waals surface area contributed by atoms with Crippen LogP contribution >= 0.6 is 0 Å². The van der Waals surface area contributed by atoms with E-state index in [0.717, 1.165) is 33.9 Å². The predicted molar refractivity (Wildman–Crippen MR) is 266 cm³/mol. The van der Waals surface area contributed by atoms with Crippen molar-refractivity contribution in [3.8, 4) is 67.3 Å². The van der Waals surface area contributed by atoms with Crippen LogP contribution in [0.2, 0.25) is 0 Å². The van der Waals surface area contributed by atoms with Gasteiger partial charge in [-0.25, -0.2) is 9.97 Å². The summed E-state index contributed by atoms with van der Waals surface area (Å²) >= 11 is 0. The molecule has 9 aromatic carbocycles. The fourth-order valence-corrected chi connectivity index (χ4v) is 10.2. The van der Waals surface area contributed by atoms with Crippen molar-refractivity contribution in [2.24, 2.45) is 0 Å². The molecule has 12 rings (SSSR count). The van der Waals surface area contributed by atoms with Crippen molar-refractivity contribution >= 4 is 21.5 Å². The lowest BCUT2D eigenvalue weighted by atomic mass is 9.68. The van der Waals surface area contributed by atoms with Crippen LogP contribution < -0.4 is 0 Å². The van der Waals surface area contributed by atoms with Gasteiger partial charge in [0.15, 0.2) is 0 Å². The highest BCUT2D eigenvalue weighted by Gasteiger charge is 2.38. The zero-order valence-electron chi connectivity index (χ0n) is 35.1. The molecule has 0 bridgehead atoms. The maximum atomic E-state index is 5.48. The van der Waals surface area contributed by atoms with E-state index in [9.17, 15) is 0 Å². The number of benzene rings is 9. The van der Waals surface area contributed by atoms with Crippen molar-refractivity contribution in [3.05, 3.63) is 265 Å². The average molecular weight is 815 g/mol. The number of rotatable bonds is 7. The molecule has 1 aliphatic carbocycles. The Morgan fingerprint density at radius 1 is 0.250 bits per heavy atom. The highest BCUT2D eigenvalue weighted by molar-refractivity contribution is 6.22. The van der Waals surface area contributed by atoms with Gasteiger partial charge in [-0.3, -0.25) is 0 Å². The van der Waals surface area contributed by atoms with Crippen molar-refractivity contribution in [3.63, 3.8) is 0 Å². The molecule has 2 unspecified atom stereocenters. The summed E-state index contributed by atoms with van der Waals surface area (Å²) in [5, 5.41) is 5.01. The van der Waals surface area contributed by atoms with Crippen molar-refractivity contribution in [2.45, 2.75) is 11.8 Å². The highest BCUT2D eigenvalue weighted by Crippen LogP contribution is 2.53. The van der Waals surface area contributed by atoms with Gasteiger partial charge in [0, 0.05) is 23.0 Å². The third-order valence-corrected chi connectivity index (χ3v) is 13.1. The van der Waals surface area contributed by atoms with E-state index in [2.05, 4.69) is 243 Å². The number of hydrogen-bond acceptors (Lipinski definition) is 2. The molecule has 300 valence electrons. The second kappa shape index (κ2) is 15.9. The molecule has 0 saturated heterocycles. The molecule has 0 spiro atoms. The molecule has 0 amide bonds. The topological polar surface area (TPSA) is 25.8 Å². The van der Waals surface area contributed by atoms with Gasteiger partial charge in [-0.15, -0.1) is 0 Å². The van der Waals surface area contributed by atoms with Crippen molar-refractivity contribution in [1.82, 2.24) is 9.97 Å². The molecule has 0 saturated carbocycles. The normalized spacial score (nSPS) is 14.2. The molecule has 0 radical (unpaired) electrons. The molecule has 0 fully saturated rings. The lowest BCUT2D eigenvalue weighted by molar-refractivity contribution is 0.677. The lowest BCUT2D eigenvalue weighted by Gasteiger charge is -2.36. The molecular formula is C62H42N2. The maximum absolute atomic E-state index is 5.48. The minimum atomic E-state index is 0.00160. The Kier molecular flexibility index (Phi) is 9.34. The average Bonchev–Trinajstić information content (AvgIpc) is 3.38. The van der Waals surface area contributed by atoms with Crippen LogP contribution in [0.5, 0.6) is 0 Å². The molecule has 64 heavy (non-hydrogen) atoms. The maximum Gasteiger partial charge on any atom is 0.0935 e. The Hall–Kier alpha value is -8.20. The fraction of sp³-hybridized carbons (Fsp3) is 0.0323. The zero-order chi connectivity index (χ0) is 42.4. The molecule has 0 aliphatic heterocycles. The van der Waals surface area contributed by atoms with Crippen LogP contribution in [0.1, 0.15) is 34.1 Å². The summed E-state index contributed by atoms with van der Waals surface area (Å²) in [6.07, 6.45) is 0. The largest absolute Gasteiger partial charge is 0.246 e. The van der Waals surface area contributed by atoms with E-state index in [0.29, 0.717) is 0 Å². The first kappa shape index (κ1) is 37.6. The zero-order valence-corrected chi connectivity index (χ0v) is 35.1. The molecule has 2 atom stereocenters. The van der Waals surface area contributed by atoms with Gasteiger partial charge < -0.3 is 0 Å². The van der Waals surface area contributed by atoms with Gasteiger partial charge in [-0.2, -0.15) is 0 Å². The molecule has 2 nitrogen and oxygen atoms in total. The third kappa shape index (κ3) is 6.51. The molecule has 1 aliphatic rings. The van der Waals surface area contributed by atoms with E-state index in [-0.39, 0.29) is 11.8 Å². The minimum absolute atomic E-state index is 0.00160. The van der Waals surface area contributed by atoms with E-state index in [4.69, 9.17) is 9.97 Å². The van der Waals surface area contributed by atoms with Crippen LogP contribution in [-0.2, 0) is 0 Å². The van der Waals surface area contributed by atoms with Crippen LogP contribution in [0.3, 0.4) is 0 Å². The summed E-state index contributed by atoms with van der Waals surface area (Å²) in [5.41, 5.74) is 18.2. The number of nitrogens with zero attached hydrogens (tertiary/aromatic N) is 2. The summed E-state index contributed by atoms with van der Waals surface area (Å²) < 4.78 is 0. The first-order valence-corrected chi connectivity index (χ1v) is 22.1. The highest BCUT2D eigenvalue weighted by atomic mass is 14.8. The fourth-order valence-electron chi connectivity index (χ4n) is 10.2. The van der Waals surface area contributed by atoms with Gasteiger partial charge in [0.1, 0.15) is 0 Å². The Morgan fingerprint density at radius 3 is 1.11 bits per heavy atom. The summed E-state index contributed by atoms with van der Waals surface area (Å²) in [7, 11) is 0. The van der Waals surface area contributed by atoms with Gasteiger partial charge in [-0.05, 0) is 95.4 Å². The van der Waals surface area contributed by atoms with Gasteiger partial charge in [-0.1, -0.05) is 224 Å². The summed E-state index contributed by atoms with van der Waals surface area (Å²) in [6, 6.07) is 87.9. The molecule has 2 aromatic heterocycles. The van der Waals surface area contributed by atoms with E-state index in [1.165, 1.54) is 77.2 Å². The summed E-state index contributed by atoms with van der Waals surface area (Å²) in [4.78, 5) is 10.9. The standard InChI is InChI=1S/C62H42N2/c1-6-18-42(19-7-1)55-38-36-52-59(46-26-14-5-15-27-46)60(53-37-39-56(43-20-8-2-9-21-43)64-62(53)61(52)63-55)47-32-30-41(31-33-47)48-34-35-51-54(40-48)58(45-24-12-4-13-25-45)50-29-17-16-28-49(50)57(51)44-22-10-3-11-23-44/h1-40,59-60H. The van der Waals surface area contributed by atoms with Crippen LogP contribution in [0.4, 0.5) is 0 Å². The Bertz CT molecular complexity index is 3460. The number of fused-ring (bicyclic) bond motifs is 5. The van der Waals surface area contributed by atoms with Gasteiger partial charge in [0.25, 0.3) is 0 Å². The van der Waals surface area contributed by atoms with E-state index < -0.39 is 0 Å². The van der Waals surface area contributed by atoms with Crippen LogP contribution in [0, 0.1) is 0 Å². The second-order valence-electron chi connectivity index (χ2n) is 16.8. The monoisotopic (exact) mass is 814 g/mol. The molecule has 2 heteroatoms. The Labute approximate surface area is 373 Å². The molecule has 0 N–H and O–H groups in total. The van der Waals surface area contributed by atoms with Crippen LogP contribution in [0.25, 0.3) is 88.8 Å². The van der Waals surface area contributed by atoms with Gasteiger partial charge in [0.2, 0.25) is 0 Å². The second-order valence-corrected chi connectivity index (χ2v) is 16.8. The quantitative estimate of drug-likeness (QED) is 0.150. The van der Waals surface area contributed by atoms with E-state index in [1.54, 1.807) is 0 Å². The molecular weight excluding hydrogens is 773 g/mol. The number of pyridine rings is 2. The number of aromatic nitrogens is 2. The SMILES string of the molecule is c1ccc(-c2ccc3c(n2)-c2nc(-c4ccccc4)ccc2C(c2ccc(-c4ccc5c(-c6ccccc6)c6ccccc6c(-c6ccccc6)c5c4)cc2)C3c2ccccc2)cc1. The van der Waals surface area contributed by atoms with Gasteiger partial charge >= 0.3 is 0 Å². The number of hydrogen-bond donors (Lipinski definition) is 0. The minimum Gasteiger partial charge on any atom is -0.246 e. The first-order valence-electron chi connectivity index (χ1n) is 22.1. The van der Waals surface area contributed by atoms with Crippen LogP contribution in [-0.4, -0.2) is 9.97 Å². The predicted octanol–water partition coefficient (Wildman–Crippen LogP) is 16.1. The Morgan fingerprint density at radius 2 is 0.625 bits per heavy atom. The van der Waals surface area contributed by atoms with E-state index >= 15 is 0 Å². The van der Waals surface area contributed by atoms with Crippen LogP contribution in [0.15, 0.2) is 243 Å². The van der Waals surface area contributed by atoms with E-state index in [1.807, 2.05) is 0 Å². The summed E-state index contributed by atoms with van der Waals surface area (Å²) in [5.74, 6) is 0.0248. The van der Waals surface area contributed by atoms with Gasteiger partial charge in [0.05, 0.1) is 22.8 Å². The molecule has 2 heterocycles. The lowest BCUT2D eigenvalue weighted by Crippen LogP contribution is -2.22. The summed E-state index contributed by atoms with van der Waals surface area (Å²) in [6.45, 7) is 0. The van der Waals surface area contributed by atoms with Crippen molar-refractivity contribution in [2.75, 3.05) is 0 Å². The third-order valence-electron chi connectivity index (χ3n) is 13.1. The Balaban J connectivity index is 1.03.